The lowest BCUT2D eigenvalue weighted by molar-refractivity contribution is -0.123. The molecule has 2 rings (SSSR count). The van der Waals surface area contributed by atoms with E-state index in [1.165, 1.54) is 0 Å². The lowest BCUT2D eigenvalue weighted by Gasteiger charge is -2.22. The van der Waals surface area contributed by atoms with Gasteiger partial charge in [-0.3, -0.25) is 4.79 Å². The van der Waals surface area contributed by atoms with E-state index in [1.807, 2.05) is 12.1 Å². The molecule has 1 aliphatic rings. The summed E-state index contributed by atoms with van der Waals surface area (Å²) in [6, 6.07) is 9.29. The topological polar surface area (TPSA) is 64.9 Å². The van der Waals surface area contributed by atoms with E-state index in [0.29, 0.717) is 12.1 Å². The lowest BCUT2D eigenvalue weighted by atomic mass is 10.0. The van der Waals surface area contributed by atoms with Gasteiger partial charge in [-0.25, -0.2) is 0 Å². The molecule has 18 heavy (non-hydrogen) atoms. The number of carbonyl (C=O) groups excluding carboxylic acids is 1. The summed E-state index contributed by atoms with van der Waals surface area (Å²) >= 11 is 0. The molecule has 1 heterocycles. The summed E-state index contributed by atoms with van der Waals surface area (Å²) in [5, 5.41) is 14.8. The van der Waals surface area contributed by atoms with Crippen LogP contribution in [0.15, 0.2) is 24.3 Å². The third-order valence-electron chi connectivity index (χ3n) is 3.18. The van der Waals surface area contributed by atoms with Crippen molar-refractivity contribution < 1.29 is 4.79 Å². The molecule has 0 aliphatic carbocycles. The molecule has 1 atom stereocenters. The van der Waals surface area contributed by atoms with E-state index < -0.39 is 0 Å². The standard InChI is InChI=1S/C14H17N3O/c15-9-11-4-6-12(7-5-11)10-17-14(18)13-3-1-2-8-16-13/h4-7,13,16H,1-3,8,10H2,(H,17,18)/t13-/m1/s1. The van der Waals surface area contributed by atoms with Crippen molar-refractivity contribution in [3.63, 3.8) is 0 Å². The Morgan fingerprint density at radius 3 is 2.78 bits per heavy atom. The number of nitrogens with one attached hydrogen (secondary N) is 2. The van der Waals surface area contributed by atoms with Crippen molar-refractivity contribution in [1.82, 2.24) is 10.6 Å². The van der Waals surface area contributed by atoms with Gasteiger partial charge in [0.25, 0.3) is 0 Å². The van der Waals surface area contributed by atoms with Crippen molar-refractivity contribution in [2.75, 3.05) is 6.54 Å². The Labute approximate surface area is 107 Å². The van der Waals surface area contributed by atoms with Gasteiger partial charge in [0.1, 0.15) is 0 Å². The fourth-order valence-electron chi connectivity index (χ4n) is 2.09. The summed E-state index contributed by atoms with van der Waals surface area (Å²) in [6.07, 6.45) is 3.18. The van der Waals surface area contributed by atoms with Crippen molar-refractivity contribution in [1.29, 1.82) is 5.26 Å². The van der Waals surface area contributed by atoms with Crippen LogP contribution in [0.25, 0.3) is 0 Å². The second kappa shape index (κ2) is 6.18. The third-order valence-corrected chi connectivity index (χ3v) is 3.18. The number of amides is 1. The van der Waals surface area contributed by atoms with E-state index in [4.69, 9.17) is 5.26 Å². The molecule has 0 aromatic heterocycles. The van der Waals surface area contributed by atoms with E-state index >= 15 is 0 Å². The van der Waals surface area contributed by atoms with E-state index in [0.717, 1.165) is 31.4 Å². The molecule has 0 saturated carbocycles. The number of piperidine rings is 1. The Balaban J connectivity index is 1.83. The van der Waals surface area contributed by atoms with Gasteiger partial charge in [0.2, 0.25) is 5.91 Å². The summed E-state index contributed by atoms with van der Waals surface area (Å²) < 4.78 is 0. The number of hydrogen-bond donors (Lipinski definition) is 2. The van der Waals surface area contributed by atoms with Crippen molar-refractivity contribution in [3.05, 3.63) is 35.4 Å². The number of hydrogen-bond acceptors (Lipinski definition) is 3. The average Bonchev–Trinajstić information content (AvgIpc) is 2.46. The van der Waals surface area contributed by atoms with Crippen molar-refractivity contribution in [3.8, 4) is 6.07 Å². The Morgan fingerprint density at radius 2 is 2.17 bits per heavy atom. The van der Waals surface area contributed by atoms with Gasteiger partial charge >= 0.3 is 0 Å². The number of nitriles is 1. The van der Waals surface area contributed by atoms with Crippen LogP contribution in [0.3, 0.4) is 0 Å². The Bertz CT molecular complexity index is 441. The van der Waals surface area contributed by atoms with E-state index in [-0.39, 0.29) is 11.9 Å². The monoisotopic (exact) mass is 243 g/mol. The summed E-state index contributed by atoms with van der Waals surface area (Å²) in [4.78, 5) is 11.9. The minimum atomic E-state index is -0.0443. The van der Waals surface area contributed by atoms with Gasteiger partial charge in [-0.1, -0.05) is 18.6 Å². The molecule has 0 radical (unpaired) electrons. The maximum absolute atomic E-state index is 11.9. The van der Waals surface area contributed by atoms with Crippen LogP contribution in [0.1, 0.15) is 30.4 Å². The number of benzene rings is 1. The predicted octanol–water partition coefficient (Wildman–Crippen LogP) is 1.32. The van der Waals surface area contributed by atoms with Gasteiger partial charge < -0.3 is 10.6 Å². The third kappa shape index (κ3) is 3.31. The molecule has 4 nitrogen and oxygen atoms in total. The fourth-order valence-corrected chi connectivity index (χ4v) is 2.09. The summed E-state index contributed by atoms with van der Waals surface area (Å²) in [7, 11) is 0. The SMILES string of the molecule is N#Cc1ccc(CNC(=O)[C@H]2CCCCN2)cc1. The first-order valence-electron chi connectivity index (χ1n) is 6.30. The minimum absolute atomic E-state index is 0.0443. The molecule has 0 spiro atoms. The molecule has 4 heteroatoms. The van der Waals surface area contributed by atoms with Crippen LogP contribution in [0.4, 0.5) is 0 Å². The van der Waals surface area contributed by atoms with E-state index in [1.54, 1.807) is 12.1 Å². The van der Waals surface area contributed by atoms with Gasteiger partial charge in [-0.2, -0.15) is 5.26 Å². The van der Waals surface area contributed by atoms with Gasteiger partial charge in [-0.05, 0) is 37.1 Å². The highest BCUT2D eigenvalue weighted by atomic mass is 16.2. The summed E-state index contributed by atoms with van der Waals surface area (Å²) in [5.74, 6) is 0.0686. The molecular weight excluding hydrogens is 226 g/mol. The molecule has 1 aromatic rings. The lowest BCUT2D eigenvalue weighted by Crippen LogP contribution is -2.46. The number of nitrogens with zero attached hydrogens (tertiary/aromatic N) is 1. The zero-order chi connectivity index (χ0) is 12.8. The molecule has 0 unspecified atom stereocenters. The van der Waals surface area contributed by atoms with Crippen LogP contribution in [0.2, 0.25) is 0 Å². The predicted molar refractivity (Wildman–Crippen MR) is 68.6 cm³/mol. The van der Waals surface area contributed by atoms with Crippen LogP contribution in [0.5, 0.6) is 0 Å². The first-order valence-corrected chi connectivity index (χ1v) is 6.30. The molecule has 94 valence electrons. The molecule has 1 aliphatic heterocycles. The first-order chi connectivity index (χ1) is 8.79. The minimum Gasteiger partial charge on any atom is -0.351 e. The van der Waals surface area contributed by atoms with Crippen molar-refractivity contribution in [2.45, 2.75) is 31.8 Å². The molecule has 1 fully saturated rings. The van der Waals surface area contributed by atoms with E-state index in [9.17, 15) is 4.79 Å². The van der Waals surface area contributed by atoms with Crippen LogP contribution >= 0.6 is 0 Å². The van der Waals surface area contributed by atoms with Gasteiger partial charge in [0, 0.05) is 6.54 Å². The largest absolute Gasteiger partial charge is 0.351 e. The molecular formula is C14H17N3O. The molecule has 1 saturated heterocycles. The van der Waals surface area contributed by atoms with Crippen LogP contribution in [0, 0.1) is 11.3 Å². The smallest absolute Gasteiger partial charge is 0.237 e. The van der Waals surface area contributed by atoms with Crippen molar-refractivity contribution >= 4 is 5.91 Å². The van der Waals surface area contributed by atoms with Gasteiger partial charge in [-0.15, -0.1) is 0 Å². The van der Waals surface area contributed by atoms with Crippen molar-refractivity contribution in [2.24, 2.45) is 0 Å². The molecule has 0 bridgehead atoms. The average molecular weight is 243 g/mol. The number of carbonyl (C=O) groups is 1. The first kappa shape index (κ1) is 12.6. The summed E-state index contributed by atoms with van der Waals surface area (Å²) in [5.41, 5.74) is 1.65. The second-order valence-electron chi connectivity index (χ2n) is 4.53. The number of rotatable bonds is 3. The highest BCUT2D eigenvalue weighted by Gasteiger charge is 2.19. The van der Waals surface area contributed by atoms with Gasteiger partial charge in [0.15, 0.2) is 0 Å². The van der Waals surface area contributed by atoms with Crippen LogP contribution < -0.4 is 10.6 Å². The zero-order valence-electron chi connectivity index (χ0n) is 10.3. The normalized spacial score (nSPS) is 18.9. The van der Waals surface area contributed by atoms with E-state index in [2.05, 4.69) is 16.7 Å². The molecule has 2 N–H and O–H groups in total. The highest BCUT2D eigenvalue weighted by molar-refractivity contribution is 5.81. The fraction of sp³-hybridized carbons (Fsp3) is 0.429. The van der Waals surface area contributed by atoms with Crippen LogP contribution in [-0.2, 0) is 11.3 Å². The van der Waals surface area contributed by atoms with Gasteiger partial charge in [0.05, 0.1) is 17.7 Å². The maximum atomic E-state index is 11.9. The zero-order valence-corrected chi connectivity index (χ0v) is 10.3. The Morgan fingerprint density at radius 1 is 1.39 bits per heavy atom. The quantitative estimate of drug-likeness (QED) is 0.841. The Hall–Kier alpha value is -1.86. The second-order valence-corrected chi connectivity index (χ2v) is 4.53. The maximum Gasteiger partial charge on any atom is 0.237 e. The summed E-state index contributed by atoms with van der Waals surface area (Å²) in [6.45, 7) is 1.44. The molecule has 1 amide bonds. The molecule has 1 aromatic carbocycles. The highest BCUT2D eigenvalue weighted by Crippen LogP contribution is 2.07. The Kier molecular flexibility index (Phi) is 4.32. The van der Waals surface area contributed by atoms with Crippen LogP contribution in [-0.4, -0.2) is 18.5 Å².